The van der Waals surface area contributed by atoms with E-state index >= 15 is 0 Å². The zero-order valence-electron chi connectivity index (χ0n) is 16.1. The van der Waals surface area contributed by atoms with E-state index in [1.165, 1.54) is 34.1 Å². The van der Waals surface area contributed by atoms with Gasteiger partial charge in [-0.25, -0.2) is 0 Å². The zero-order chi connectivity index (χ0) is 18.3. The van der Waals surface area contributed by atoms with Crippen molar-refractivity contribution >= 4 is 20.2 Å². The van der Waals surface area contributed by atoms with E-state index in [4.69, 9.17) is 4.74 Å². The van der Waals surface area contributed by atoms with Crippen LogP contribution in [0.4, 0.5) is 5.69 Å². The summed E-state index contributed by atoms with van der Waals surface area (Å²) in [4.78, 5) is 0. The summed E-state index contributed by atoms with van der Waals surface area (Å²) in [6.45, 7) is 7.80. The third-order valence-corrected chi connectivity index (χ3v) is 6.99. The summed E-state index contributed by atoms with van der Waals surface area (Å²) < 4.78 is 6.35. The molecule has 0 saturated carbocycles. The minimum Gasteiger partial charge on any atom is -0.378 e. The van der Waals surface area contributed by atoms with Crippen LogP contribution in [-0.2, 0) is 10.2 Å². The van der Waals surface area contributed by atoms with Crippen molar-refractivity contribution in [2.45, 2.75) is 57.6 Å². The minimum absolute atomic E-state index is 0.196. The highest BCUT2D eigenvalue weighted by atomic mass is 31.0. The van der Waals surface area contributed by atoms with Crippen molar-refractivity contribution in [1.29, 1.82) is 0 Å². The van der Waals surface area contributed by atoms with Gasteiger partial charge in [0.25, 0.3) is 0 Å². The van der Waals surface area contributed by atoms with Crippen LogP contribution in [0, 0.1) is 5.92 Å². The van der Waals surface area contributed by atoms with Gasteiger partial charge in [0.1, 0.15) is 0 Å². The average Bonchev–Trinajstić information content (AvgIpc) is 2.67. The molecule has 0 amide bonds. The third-order valence-electron chi connectivity index (χ3n) is 6.46. The third kappa shape index (κ3) is 3.08. The lowest BCUT2D eigenvalue weighted by Crippen LogP contribution is -2.37. The Hall–Kier alpha value is -1.37. The van der Waals surface area contributed by atoms with E-state index in [-0.39, 0.29) is 11.5 Å². The van der Waals surface area contributed by atoms with Gasteiger partial charge >= 0.3 is 0 Å². The van der Waals surface area contributed by atoms with Gasteiger partial charge in [-0.3, -0.25) is 0 Å². The molecule has 0 spiro atoms. The maximum Gasteiger partial charge on any atom is 0.0895 e. The molecular formula is C23H30NOP. The van der Waals surface area contributed by atoms with Crippen molar-refractivity contribution in [3.05, 3.63) is 59.2 Å². The number of fused-ring (bicyclic) bond motifs is 3. The molecule has 2 aliphatic rings. The standard InChI is InChI=1S/C23H30NOP/c1-4-23(2,3)15-11-12-19-18(14-15)22-17(9-7-13-25-22)21(24-19)16-8-5-6-10-20(16)26/h5-6,8,10-12,14,17,21-22,24H,4,7,9,13,26H2,1-3H3/t17?,21-,22?/m0/s1. The smallest absolute Gasteiger partial charge is 0.0895 e. The van der Waals surface area contributed by atoms with Crippen molar-refractivity contribution in [2.75, 3.05) is 11.9 Å². The van der Waals surface area contributed by atoms with Crippen LogP contribution in [0.3, 0.4) is 0 Å². The molecule has 0 aromatic heterocycles. The van der Waals surface area contributed by atoms with Crippen LogP contribution in [0.15, 0.2) is 42.5 Å². The molecule has 1 N–H and O–H groups in total. The van der Waals surface area contributed by atoms with E-state index in [1.54, 1.807) is 0 Å². The number of anilines is 1. The number of hydrogen-bond donors (Lipinski definition) is 1. The van der Waals surface area contributed by atoms with Gasteiger partial charge in [0, 0.05) is 23.8 Å². The largest absolute Gasteiger partial charge is 0.378 e. The van der Waals surface area contributed by atoms with Gasteiger partial charge in [-0.2, -0.15) is 0 Å². The summed E-state index contributed by atoms with van der Waals surface area (Å²) in [6.07, 6.45) is 3.69. The Balaban J connectivity index is 1.78. The molecule has 0 radical (unpaired) electrons. The monoisotopic (exact) mass is 367 g/mol. The summed E-state index contributed by atoms with van der Waals surface area (Å²) in [5.41, 5.74) is 5.58. The number of hydrogen-bond acceptors (Lipinski definition) is 2. The predicted molar refractivity (Wildman–Crippen MR) is 113 cm³/mol. The summed E-state index contributed by atoms with van der Waals surface area (Å²) in [5, 5.41) is 5.14. The molecule has 1 saturated heterocycles. The van der Waals surface area contributed by atoms with Crippen molar-refractivity contribution in [3.63, 3.8) is 0 Å². The zero-order valence-corrected chi connectivity index (χ0v) is 17.2. The number of nitrogens with one attached hydrogen (secondary N) is 1. The van der Waals surface area contributed by atoms with Crippen molar-refractivity contribution in [1.82, 2.24) is 0 Å². The van der Waals surface area contributed by atoms with Gasteiger partial charge in [-0.1, -0.05) is 57.2 Å². The first-order valence-corrected chi connectivity index (χ1v) is 10.5. The Labute approximate surface area is 159 Å². The maximum atomic E-state index is 6.35. The molecule has 2 aromatic carbocycles. The Morgan fingerprint density at radius 2 is 1.96 bits per heavy atom. The second-order valence-corrected chi connectivity index (χ2v) is 9.01. The van der Waals surface area contributed by atoms with E-state index in [1.807, 2.05) is 0 Å². The van der Waals surface area contributed by atoms with Crippen LogP contribution >= 0.6 is 9.24 Å². The fraction of sp³-hybridized carbons (Fsp3) is 0.478. The van der Waals surface area contributed by atoms with Gasteiger partial charge in [-0.15, -0.1) is 9.24 Å². The van der Waals surface area contributed by atoms with Crippen LogP contribution in [0.1, 0.15) is 68.9 Å². The van der Waals surface area contributed by atoms with Crippen LogP contribution in [0.5, 0.6) is 0 Å². The molecule has 0 aliphatic carbocycles. The molecule has 26 heavy (non-hydrogen) atoms. The molecule has 2 aliphatic heterocycles. The highest BCUT2D eigenvalue weighted by Crippen LogP contribution is 2.49. The molecule has 2 heterocycles. The molecule has 0 bridgehead atoms. The van der Waals surface area contributed by atoms with Crippen molar-refractivity contribution < 1.29 is 4.74 Å². The van der Waals surface area contributed by atoms with E-state index in [2.05, 4.69) is 77.8 Å². The van der Waals surface area contributed by atoms with Crippen LogP contribution in [0.25, 0.3) is 0 Å². The molecule has 2 nitrogen and oxygen atoms in total. The molecule has 2 aromatic rings. The molecule has 1 fully saturated rings. The van der Waals surface area contributed by atoms with Gasteiger partial charge in [0.05, 0.1) is 12.1 Å². The lowest BCUT2D eigenvalue weighted by atomic mass is 9.75. The second kappa shape index (κ2) is 6.98. The van der Waals surface area contributed by atoms with Gasteiger partial charge in [0.15, 0.2) is 0 Å². The summed E-state index contributed by atoms with van der Waals surface area (Å²) in [7, 11) is 2.90. The van der Waals surface area contributed by atoms with E-state index in [0.29, 0.717) is 12.0 Å². The lowest BCUT2D eigenvalue weighted by Gasteiger charge is -2.44. The molecule has 3 heteroatoms. The number of rotatable bonds is 3. The first-order chi connectivity index (χ1) is 12.5. The fourth-order valence-electron chi connectivity index (χ4n) is 4.40. The Morgan fingerprint density at radius 1 is 1.15 bits per heavy atom. The predicted octanol–water partition coefficient (Wildman–Crippen LogP) is 5.51. The molecule has 3 unspecified atom stereocenters. The first kappa shape index (κ1) is 18.0. The van der Waals surface area contributed by atoms with Crippen LogP contribution < -0.4 is 10.6 Å². The topological polar surface area (TPSA) is 21.3 Å². The SMILES string of the molecule is CCC(C)(C)c1ccc2c(c1)C1OCCCC1[C@H](c1ccccc1P)N2. The van der Waals surface area contributed by atoms with Crippen molar-refractivity contribution in [3.8, 4) is 0 Å². The Kier molecular flexibility index (Phi) is 4.84. The van der Waals surface area contributed by atoms with Gasteiger partial charge < -0.3 is 10.1 Å². The van der Waals surface area contributed by atoms with Crippen molar-refractivity contribution in [2.24, 2.45) is 5.92 Å². The normalized spacial score (nSPS) is 25.2. The van der Waals surface area contributed by atoms with Gasteiger partial charge in [0.2, 0.25) is 0 Å². The van der Waals surface area contributed by atoms with Crippen LogP contribution in [0.2, 0.25) is 0 Å². The number of benzene rings is 2. The van der Waals surface area contributed by atoms with Gasteiger partial charge in [-0.05, 0) is 47.2 Å². The Morgan fingerprint density at radius 3 is 2.73 bits per heavy atom. The van der Waals surface area contributed by atoms with E-state index in [0.717, 1.165) is 19.4 Å². The van der Waals surface area contributed by atoms with E-state index < -0.39 is 0 Å². The highest BCUT2D eigenvalue weighted by Gasteiger charge is 2.40. The molecule has 138 valence electrons. The minimum atomic E-state index is 0.196. The summed E-state index contributed by atoms with van der Waals surface area (Å²) in [6, 6.07) is 16.0. The Bertz CT molecular complexity index is 801. The molecular weight excluding hydrogens is 337 g/mol. The maximum absolute atomic E-state index is 6.35. The average molecular weight is 367 g/mol. The lowest BCUT2D eigenvalue weighted by molar-refractivity contribution is -0.0381. The van der Waals surface area contributed by atoms with Crippen LogP contribution in [-0.4, -0.2) is 6.61 Å². The highest BCUT2D eigenvalue weighted by molar-refractivity contribution is 7.27. The molecule has 4 rings (SSSR count). The summed E-state index contributed by atoms with van der Waals surface area (Å²) in [5.74, 6) is 0.484. The first-order valence-electron chi connectivity index (χ1n) is 9.88. The van der Waals surface area contributed by atoms with E-state index in [9.17, 15) is 0 Å². The quantitative estimate of drug-likeness (QED) is 0.722. The number of ether oxygens (including phenoxy) is 1. The fourth-order valence-corrected chi connectivity index (χ4v) is 4.78. The molecule has 4 atom stereocenters. The summed E-state index contributed by atoms with van der Waals surface area (Å²) >= 11 is 0. The second-order valence-electron chi connectivity index (χ2n) is 8.39.